The lowest BCUT2D eigenvalue weighted by atomic mass is 9.88. The highest BCUT2D eigenvalue weighted by atomic mass is 16.5. The van der Waals surface area contributed by atoms with Gasteiger partial charge in [0.1, 0.15) is 35.7 Å². The van der Waals surface area contributed by atoms with E-state index in [0.717, 1.165) is 17.9 Å². The molecule has 35 heavy (non-hydrogen) atoms. The Morgan fingerprint density at radius 2 is 1.46 bits per heavy atom. The minimum Gasteiger partial charge on any atom is -0.506 e. The van der Waals surface area contributed by atoms with Crippen molar-refractivity contribution in [2.75, 3.05) is 39.2 Å². The highest BCUT2D eigenvalue weighted by molar-refractivity contribution is 5.76. The molecule has 3 rings (SSSR count). The fraction of sp³-hybridized carbons (Fsp3) is 0.296. The van der Waals surface area contributed by atoms with Crippen LogP contribution < -0.4 is 24.8 Å². The summed E-state index contributed by atoms with van der Waals surface area (Å²) in [7, 11) is 3.30. The number of benzene rings is 3. The van der Waals surface area contributed by atoms with Crippen LogP contribution in [0, 0.1) is 0 Å². The van der Waals surface area contributed by atoms with Gasteiger partial charge in [-0.1, -0.05) is 24.3 Å². The Bertz CT molecular complexity index is 1010. The summed E-state index contributed by atoms with van der Waals surface area (Å²) in [6, 6.07) is 20.6. The molecule has 8 heteroatoms. The number of aromatic hydroxyl groups is 1. The molecule has 0 spiro atoms. The van der Waals surface area contributed by atoms with Crippen LogP contribution >= 0.6 is 0 Å². The van der Waals surface area contributed by atoms with Crippen LogP contribution in [0.4, 0.5) is 5.69 Å². The molecular weight excluding hydrogens is 448 g/mol. The van der Waals surface area contributed by atoms with Gasteiger partial charge in [0.2, 0.25) is 6.41 Å². The van der Waals surface area contributed by atoms with Gasteiger partial charge >= 0.3 is 0 Å². The smallest absolute Gasteiger partial charge is 0.211 e. The summed E-state index contributed by atoms with van der Waals surface area (Å²) in [4.78, 5) is 10.6. The van der Waals surface area contributed by atoms with Gasteiger partial charge in [-0.25, -0.2) is 0 Å². The van der Waals surface area contributed by atoms with E-state index in [1.165, 1.54) is 23.3 Å². The number of amides is 1. The van der Waals surface area contributed by atoms with Crippen LogP contribution in [0.2, 0.25) is 0 Å². The first-order chi connectivity index (χ1) is 17.0. The van der Waals surface area contributed by atoms with Crippen molar-refractivity contribution in [1.82, 2.24) is 5.32 Å². The number of ether oxygens (including phenoxy) is 3. The van der Waals surface area contributed by atoms with Gasteiger partial charge in [0, 0.05) is 18.5 Å². The Hall–Kier alpha value is -3.75. The predicted octanol–water partition coefficient (Wildman–Crippen LogP) is 3.53. The molecule has 1 atom stereocenters. The predicted molar refractivity (Wildman–Crippen MR) is 135 cm³/mol. The van der Waals surface area contributed by atoms with Crippen molar-refractivity contribution in [3.05, 3.63) is 77.9 Å². The van der Waals surface area contributed by atoms with Gasteiger partial charge in [-0.2, -0.15) is 0 Å². The van der Waals surface area contributed by atoms with E-state index in [2.05, 4.69) is 34.9 Å². The number of nitrogens with one attached hydrogen (secondary N) is 2. The fourth-order valence-electron chi connectivity index (χ4n) is 3.75. The van der Waals surface area contributed by atoms with Crippen molar-refractivity contribution in [2.45, 2.75) is 18.4 Å². The molecule has 0 bridgehead atoms. The number of phenolic OH excluding ortho intramolecular Hbond substituents is 1. The Morgan fingerprint density at radius 3 is 2.00 bits per heavy atom. The third-order valence-electron chi connectivity index (χ3n) is 5.65. The molecule has 0 aromatic heterocycles. The molecule has 8 nitrogen and oxygen atoms in total. The zero-order valence-corrected chi connectivity index (χ0v) is 19.9. The van der Waals surface area contributed by atoms with Gasteiger partial charge in [-0.3, -0.25) is 4.79 Å². The quantitative estimate of drug-likeness (QED) is 0.159. The van der Waals surface area contributed by atoms with E-state index in [9.17, 15) is 15.0 Å². The average Bonchev–Trinajstić information content (AvgIpc) is 2.89. The number of hydrogen-bond acceptors (Lipinski definition) is 7. The molecule has 0 heterocycles. The maximum atomic E-state index is 10.6. The van der Waals surface area contributed by atoms with Gasteiger partial charge in [0.15, 0.2) is 0 Å². The van der Waals surface area contributed by atoms with Gasteiger partial charge in [0.05, 0.1) is 19.9 Å². The third kappa shape index (κ3) is 7.63. The minimum atomic E-state index is -0.730. The molecule has 0 saturated carbocycles. The number of anilines is 1. The lowest BCUT2D eigenvalue weighted by molar-refractivity contribution is -0.105. The van der Waals surface area contributed by atoms with Crippen LogP contribution in [-0.4, -0.2) is 56.6 Å². The highest BCUT2D eigenvalue weighted by Crippen LogP contribution is 2.30. The molecule has 186 valence electrons. The summed E-state index contributed by atoms with van der Waals surface area (Å²) < 4.78 is 16.2. The number of phenols is 1. The number of rotatable bonds is 14. The number of carbonyl (C=O) groups is 1. The zero-order chi connectivity index (χ0) is 25.0. The van der Waals surface area contributed by atoms with Crippen molar-refractivity contribution in [3.8, 4) is 23.0 Å². The maximum absolute atomic E-state index is 10.6. The second-order valence-corrected chi connectivity index (χ2v) is 8.00. The molecule has 0 saturated heterocycles. The number of hydrogen-bond donors (Lipinski definition) is 4. The monoisotopic (exact) mass is 480 g/mol. The van der Waals surface area contributed by atoms with Crippen LogP contribution in [0.5, 0.6) is 23.0 Å². The number of aliphatic hydroxyl groups excluding tert-OH is 1. The van der Waals surface area contributed by atoms with Crippen molar-refractivity contribution in [1.29, 1.82) is 0 Å². The molecule has 0 aliphatic heterocycles. The summed E-state index contributed by atoms with van der Waals surface area (Å²) >= 11 is 0. The molecule has 0 aliphatic rings. The normalized spacial score (nSPS) is 11.7. The van der Waals surface area contributed by atoms with E-state index in [4.69, 9.17) is 14.2 Å². The Labute approximate surface area is 205 Å². The molecule has 4 N–H and O–H groups in total. The zero-order valence-electron chi connectivity index (χ0n) is 19.9. The van der Waals surface area contributed by atoms with Crippen molar-refractivity contribution in [2.24, 2.45) is 0 Å². The Balaban J connectivity index is 1.53. The van der Waals surface area contributed by atoms with Gasteiger partial charge in [0.25, 0.3) is 0 Å². The van der Waals surface area contributed by atoms with E-state index in [-0.39, 0.29) is 24.0 Å². The van der Waals surface area contributed by atoms with E-state index < -0.39 is 6.10 Å². The summed E-state index contributed by atoms with van der Waals surface area (Å²) in [5.74, 6) is 2.16. The molecule has 0 unspecified atom stereocenters. The number of methoxy groups -OCH3 is 2. The first-order valence-corrected chi connectivity index (χ1v) is 11.4. The summed E-state index contributed by atoms with van der Waals surface area (Å²) in [6.45, 7) is 1.11. The van der Waals surface area contributed by atoms with Crippen LogP contribution in [-0.2, 0) is 4.79 Å². The minimum absolute atomic E-state index is 0.0602. The van der Waals surface area contributed by atoms with E-state index >= 15 is 0 Å². The summed E-state index contributed by atoms with van der Waals surface area (Å²) in [6.07, 6.45) is 0.569. The van der Waals surface area contributed by atoms with Gasteiger partial charge in [-0.15, -0.1) is 0 Å². The Kier molecular flexibility index (Phi) is 9.77. The second kappa shape index (κ2) is 13.2. The molecular formula is C27H32N2O6. The summed E-state index contributed by atoms with van der Waals surface area (Å²) in [5.41, 5.74) is 2.59. The molecule has 3 aromatic carbocycles. The van der Waals surface area contributed by atoms with Crippen molar-refractivity contribution >= 4 is 12.1 Å². The standard InChI is InChI=1S/C27H32N2O6/c1-33-22-7-3-19(4-8-22)25(20-5-9-23(34-2)10-6-20)13-14-28-16-21(31)17-35-24-11-12-27(32)26(15-24)29-18-30/h3-12,15,18,21,25,28,31-32H,13-14,16-17H2,1-2H3,(H,29,30)/t21-/m0/s1. The molecule has 1 amide bonds. The third-order valence-corrected chi connectivity index (χ3v) is 5.65. The number of carbonyl (C=O) groups excluding carboxylic acids is 1. The van der Waals surface area contributed by atoms with Gasteiger partial charge < -0.3 is 35.1 Å². The highest BCUT2D eigenvalue weighted by Gasteiger charge is 2.15. The molecule has 0 radical (unpaired) electrons. The van der Waals surface area contributed by atoms with Crippen LogP contribution in [0.25, 0.3) is 0 Å². The SMILES string of the molecule is COc1ccc(C(CCNC[C@H](O)COc2ccc(O)c(NC=O)c2)c2ccc(OC)cc2)cc1. The van der Waals surface area contributed by atoms with Crippen LogP contribution in [0.1, 0.15) is 23.5 Å². The fourth-order valence-corrected chi connectivity index (χ4v) is 3.75. The number of aliphatic hydroxyl groups is 1. The largest absolute Gasteiger partial charge is 0.506 e. The van der Waals surface area contributed by atoms with Crippen molar-refractivity contribution < 1.29 is 29.2 Å². The second-order valence-electron chi connectivity index (χ2n) is 8.00. The van der Waals surface area contributed by atoms with Crippen LogP contribution in [0.3, 0.4) is 0 Å². The first kappa shape index (κ1) is 25.9. The maximum Gasteiger partial charge on any atom is 0.211 e. The lowest BCUT2D eigenvalue weighted by Crippen LogP contribution is -2.32. The van der Waals surface area contributed by atoms with Crippen molar-refractivity contribution in [3.63, 3.8) is 0 Å². The van der Waals surface area contributed by atoms with E-state index in [0.29, 0.717) is 25.2 Å². The topological polar surface area (TPSA) is 109 Å². The lowest BCUT2D eigenvalue weighted by Gasteiger charge is -2.20. The molecule has 3 aromatic rings. The van der Waals surface area contributed by atoms with E-state index in [1.54, 1.807) is 20.3 Å². The summed E-state index contributed by atoms with van der Waals surface area (Å²) in [5, 5.41) is 25.7. The average molecular weight is 481 g/mol. The van der Waals surface area contributed by atoms with Crippen LogP contribution in [0.15, 0.2) is 66.7 Å². The van der Waals surface area contributed by atoms with Gasteiger partial charge in [-0.05, 0) is 60.5 Å². The Morgan fingerprint density at radius 1 is 0.886 bits per heavy atom. The first-order valence-electron chi connectivity index (χ1n) is 11.4. The molecule has 0 aliphatic carbocycles. The molecule has 0 fully saturated rings. The van der Waals surface area contributed by atoms with E-state index in [1.807, 2.05) is 24.3 Å².